The van der Waals surface area contributed by atoms with Gasteiger partial charge in [-0.1, -0.05) is 13.0 Å². The van der Waals surface area contributed by atoms with E-state index in [1.807, 2.05) is 25.1 Å². The van der Waals surface area contributed by atoms with Crippen molar-refractivity contribution in [3.8, 4) is 11.5 Å². The van der Waals surface area contributed by atoms with Crippen LogP contribution in [0.15, 0.2) is 40.7 Å². The number of hydrogen-bond donors (Lipinski definition) is 0. The summed E-state index contributed by atoms with van der Waals surface area (Å²) in [5.41, 5.74) is 4.86. The summed E-state index contributed by atoms with van der Waals surface area (Å²) in [5.74, 6) is 1.46. The van der Waals surface area contributed by atoms with Crippen LogP contribution in [0.4, 0.5) is 0 Å². The van der Waals surface area contributed by atoms with Gasteiger partial charge in [0, 0.05) is 47.8 Å². The first-order valence-corrected chi connectivity index (χ1v) is 11.8. The van der Waals surface area contributed by atoms with Crippen molar-refractivity contribution < 1.29 is 19.1 Å². The van der Waals surface area contributed by atoms with Crippen LogP contribution >= 0.6 is 0 Å². The van der Waals surface area contributed by atoms with Crippen LogP contribution in [-0.4, -0.2) is 36.2 Å². The zero-order valence-corrected chi connectivity index (χ0v) is 19.0. The molecule has 1 aromatic carbocycles. The molecule has 0 spiro atoms. The van der Waals surface area contributed by atoms with Gasteiger partial charge in [-0.15, -0.1) is 0 Å². The molecular weight excluding hydrogens is 390 g/mol. The molecule has 0 unspecified atom stereocenters. The average molecular weight is 424 g/mol. The monoisotopic (exact) mass is 423 g/mol. The van der Waals surface area contributed by atoms with Gasteiger partial charge in [0.1, 0.15) is 0 Å². The summed E-state index contributed by atoms with van der Waals surface area (Å²) in [6, 6.07) is 5.93. The van der Waals surface area contributed by atoms with Gasteiger partial charge in [0.2, 0.25) is 0 Å². The fraction of sp³-hybridized carbons (Fsp3) is 0.538. The number of rotatable bonds is 7. The fourth-order valence-electron chi connectivity index (χ4n) is 5.24. The Morgan fingerprint density at radius 2 is 1.52 bits per heavy atom. The van der Waals surface area contributed by atoms with Crippen LogP contribution < -0.4 is 9.47 Å². The second kappa shape index (κ2) is 9.29. The predicted octanol–water partition coefficient (Wildman–Crippen LogP) is 5.31. The van der Waals surface area contributed by atoms with Crippen molar-refractivity contribution in [2.45, 2.75) is 71.6 Å². The maximum absolute atomic E-state index is 13.2. The van der Waals surface area contributed by atoms with Gasteiger partial charge in [-0.3, -0.25) is 9.59 Å². The molecule has 0 saturated carbocycles. The number of Topliss-reactive ketones (excluding diaryl/α,β-unsaturated/α-hetero) is 2. The average Bonchev–Trinajstić information content (AvgIpc) is 2.77. The third-order valence-electron chi connectivity index (χ3n) is 6.47. The molecule has 0 aromatic heterocycles. The highest BCUT2D eigenvalue weighted by atomic mass is 16.5. The minimum Gasteiger partial charge on any atom is -0.490 e. The van der Waals surface area contributed by atoms with E-state index >= 15 is 0 Å². The number of carbonyl (C=O) groups is 2. The summed E-state index contributed by atoms with van der Waals surface area (Å²) in [4.78, 5) is 28.7. The van der Waals surface area contributed by atoms with Crippen molar-refractivity contribution in [3.05, 3.63) is 46.3 Å². The maximum atomic E-state index is 13.2. The molecule has 3 aliphatic rings. The molecule has 4 rings (SSSR count). The lowest BCUT2D eigenvalue weighted by Gasteiger charge is -2.43. The number of benzene rings is 1. The van der Waals surface area contributed by atoms with Crippen LogP contribution in [-0.2, 0) is 9.59 Å². The van der Waals surface area contributed by atoms with E-state index in [4.69, 9.17) is 9.47 Å². The highest BCUT2D eigenvalue weighted by Crippen LogP contribution is 2.49. The third kappa shape index (κ3) is 3.90. The molecule has 1 heterocycles. The molecule has 2 aliphatic carbocycles. The van der Waals surface area contributed by atoms with Crippen LogP contribution in [0, 0.1) is 0 Å². The fourth-order valence-corrected chi connectivity index (χ4v) is 5.24. The van der Waals surface area contributed by atoms with Gasteiger partial charge in [-0.05, 0) is 63.6 Å². The van der Waals surface area contributed by atoms with E-state index in [1.54, 1.807) is 0 Å². The topological polar surface area (TPSA) is 55.8 Å². The molecule has 166 valence electrons. The van der Waals surface area contributed by atoms with Gasteiger partial charge in [0.15, 0.2) is 23.1 Å². The van der Waals surface area contributed by atoms with Crippen LogP contribution in [0.1, 0.15) is 77.2 Å². The Labute approximate surface area is 185 Å². The van der Waals surface area contributed by atoms with E-state index in [0.29, 0.717) is 37.6 Å². The van der Waals surface area contributed by atoms with Crippen LogP contribution in [0.25, 0.3) is 0 Å². The summed E-state index contributed by atoms with van der Waals surface area (Å²) in [6.45, 7) is 8.07. The van der Waals surface area contributed by atoms with Crippen molar-refractivity contribution in [1.29, 1.82) is 0 Å². The van der Waals surface area contributed by atoms with E-state index < -0.39 is 0 Å². The van der Waals surface area contributed by atoms with Crippen molar-refractivity contribution >= 4 is 11.6 Å². The molecule has 0 amide bonds. The van der Waals surface area contributed by atoms with E-state index in [9.17, 15) is 9.59 Å². The second-order valence-electron chi connectivity index (χ2n) is 8.44. The molecule has 0 saturated heterocycles. The molecule has 1 aromatic rings. The number of ketones is 2. The lowest BCUT2D eigenvalue weighted by atomic mass is 9.71. The SMILES string of the molecule is CCCOc1ccc(C2C3=C(CCCC3=O)N(CC)C3=C2C(=O)CCC3)cc1OCC. The predicted molar refractivity (Wildman–Crippen MR) is 120 cm³/mol. The van der Waals surface area contributed by atoms with Crippen LogP contribution in [0.5, 0.6) is 11.5 Å². The Balaban J connectivity index is 1.88. The molecule has 5 nitrogen and oxygen atoms in total. The Bertz CT molecular complexity index is 899. The molecule has 5 heteroatoms. The van der Waals surface area contributed by atoms with E-state index in [2.05, 4.69) is 18.7 Å². The van der Waals surface area contributed by atoms with Crippen LogP contribution in [0.3, 0.4) is 0 Å². The first-order valence-electron chi connectivity index (χ1n) is 11.8. The number of nitrogens with zero attached hydrogens (tertiary/aromatic N) is 1. The zero-order chi connectivity index (χ0) is 22.0. The van der Waals surface area contributed by atoms with E-state index in [0.717, 1.165) is 66.8 Å². The quantitative estimate of drug-likeness (QED) is 0.595. The standard InChI is InChI=1S/C26H33NO4/c1-4-15-31-22-14-13-17(16-23(22)30-6-3)24-25-18(9-7-11-20(25)28)27(5-2)19-10-8-12-21(29)26(19)24/h13-14,16,24H,4-12,15H2,1-3H3. The Hall–Kier alpha value is -2.56. The number of allylic oxidation sites excluding steroid dienone is 4. The van der Waals surface area contributed by atoms with Gasteiger partial charge in [0.25, 0.3) is 0 Å². The molecule has 1 aliphatic heterocycles. The summed E-state index contributed by atoms with van der Waals surface area (Å²) in [6.07, 6.45) is 5.58. The first kappa shape index (κ1) is 21.7. The maximum Gasteiger partial charge on any atom is 0.161 e. The molecule has 0 atom stereocenters. The minimum atomic E-state index is -0.298. The van der Waals surface area contributed by atoms with E-state index in [1.165, 1.54) is 0 Å². The molecule has 0 N–H and O–H groups in total. The molecule has 0 fully saturated rings. The third-order valence-corrected chi connectivity index (χ3v) is 6.47. The highest BCUT2D eigenvalue weighted by Gasteiger charge is 2.43. The van der Waals surface area contributed by atoms with Crippen molar-refractivity contribution in [3.63, 3.8) is 0 Å². The minimum absolute atomic E-state index is 0.180. The van der Waals surface area contributed by atoms with E-state index in [-0.39, 0.29) is 17.5 Å². The Morgan fingerprint density at radius 3 is 2.06 bits per heavy atom. The second-order valence-corrected chi connectivity index (χ2v) is 8.44. The first-order chi connectivity index (χ1) is 15.1. The molecule has 0 bridgehead atoms. The Kier molecular flexibility index (Phi) is 6.49. The summed E-state index contributed by atoms with van der Waals surface area (Å²) in [5, 5.41) is 0. The molecule has 0 radical (unpaired) electrons. The van der Waals surface area contributed by atoms with Gasteiger partial charge in [-0.2, -0.15) is 0 Å². The number of carbonyl (C=O) groups excluding carboxylic acids is 2. The number of ether oxygens (including phenoxy) is 2. The van der Waals surface area contributed by atoms with Crippen molar-refractivity contribution in [2.24, 2.45) is 0 Å². The molecular formula is C26H33NO4. The van der Waals surface area contributed by atoms with Gasteiger partial charge in [-0.25, -0.2) is 0 Å². The van der Waals surface area contributed by atoms with Gasteiger partial charge >= 0.3 is 0 Å². The number of hydrogen-bond acceptors (Lipinski definition) is 5. The summed E-state index contributed by atoms with van der Waals surface area (Å²) in [7, 11) is 0. The molecule has 31 heavy (non-hydrogen) atoms. The zero-order valence-electron chi connectivity index (χ0n) is 19.0. The Morgan fingerprint density at radius 1 is 0.871 bits per heavy atom. The largest absolute Gasteiger partial charge is 0.490 e. The smallest absolute Gasteiger partial charge is 0.161 e. The van der Waals surface area contributed by atoms with Crippen molar-refractivity contribution in [2.75, 3.05) is 19.8 Å². The van der Waals surface area contributed by atoms with Crippen LogP contribution in [0.2, 0.25) is 0 Å². The van der Waals surface area contributed by atoms with Gasteiger partial charge < -0.3 is 14.4 Å². The summed E-state index contributed by atoms with van der Waals surface area (Å²) < 4.78 is 11.8. The van der Waals surface area contributed by atoms with Gasteiger partial charge in [0.05, 0.1) is 13.2 Å². The summed E-state index contributed by atoms with van der Waals surface area (Å²) >= 11 is 0. The van der Waals surface area contributed by atoms with Crippen molar-refractivity contribution in [1.82, 2.24) is 4.90 Å². The lowest BCUT2D eigenvalue weighted by molar-refractivity contribution is -0.117. The normalized spacial score (nSPS) is 19.5. The highest BCUT2D eigenvalue weighted by molar-refractivity contribution is 6.06. The lowest BCUT2D eigenvalue weighted by Crippen LogP contribution is -2.39.